The summed E-state index contributed by atoms with van der Waals surface area (Å²) in [7, 11) is -4.24. The standard InChI is InChI=1S/C30H58NO7P/c1-3-5-7-8-9-10-11-12-13-14-15-16-17-18-19-20-21-22-25-35-27-29(38-30(32)23-6-4-2)28-37-39(33,34)36-26-24-31/h9-10,12-13,29H,3-8,11,14-28,31H2,1-2H3,(H,33,34)/b10-9-,13-12-. The van der Waals surface area contributed by atoms with Gasteiger partial charge in [-0.2, -0.15) is 0 Å². The first-order valence-corrected chi connectivity index (χ1v) is 16.8. The van der Waals surface area contributed by atoms with Crippen LogP contribution in [0.2, 0.25) is 0 Å². The maximum atomic E-state index is 12.0. The molecule has 0 spiro atoms. The number of unbranched alkanes of at least 4 members (excludes halogenated alkanes) is 12. The lowest BCUT2D eigenvalue weighted by Gasteiger charge is -2.20. The van der Waals surface area contributed by atoms with Gasteiger partial charge in [0.2, 0.25) is 0 Å². The topological polar surface area (TPSA) is 117 Å². The Morgan fingerprint density at radius 2 is 1.36 bits per heavy atom. The molecule has 230 valence electrons. The van der Waals surface area contributed by atoms with Gasteiger partial charge < -0.3 is 20.1 Å². The molecule has 0 fully saturated rings. The van der Waals surface area contributed by atoms with Crippen molar-refractivity contribution in [1.29, 1.82) is 0 Å². The zero-order valence-corrected chi connectivity index (χ0v) is 25.8. The zero-order chi connectivity index (χ0) is 28.9. The fourth-order valence-electron chi connectivity index (χ4n) is 3.83. The van der Waals surface area contributed by atoms with Crippen molar-refractivity contribution in [2.75, 3.05) is 33.0 Å². The fourth-order valence-corrected chi connectivity index (χ4v) is 4.59. The highest BCUT2D eigenvalue weighted by Crippen LogP contribution is 2.43. The van der Waals surface area contributed by atoms with Crippen molar-refractivity contribution in [2.24, 2.45) is 5.73 Å². The Morgan fingerprint density at radius 1 is 0.769 bits per heavy atom. The lowest BCUT2D eigenvalue weighted by molar-refractivity contribution is -0.154. The van der Waals surface area contributed by atoms with E-state index in [1.807, 2.05) is 6.92 Å². The molecule has 0 saturated carbocycles. The number of hydrogen-bond donors (Lipinski definition) is 2. The van der Waals surface area contributed by atoms with Crippen LogP contribution in [0.4, 0.5) is 0 Å². The molecule has 8 nitrogen and oxygen atoms in total. The minimum Gasteiger partial charge on any atom is -0.457 e. The molecule has 0 amide bonds. The smallest absolute Gasteiger partial charge is 0.457 e. The van der Waals surface area contributed by atoms with Gasteiger partial charge in [-0.05, 0) is 44.9 Å². The second-order valence-corrected chi connectivity index (χ2v) is 11.4. The van der Waals surface area contributed by atoms with Crippen LogP contribution in [0.3, 0.4) is 0 Å². The van der Waals surface area contributed by atoms with E-state index in [9.17, 15) is 14.3 Å². The number of rotatable bonds is 29. The third-order valence-electron chi connectivity index (χ3n) is 6.12. The summed E-state index contributed by atoms with van der Waals surface area (Å²) in [6.07, 6.45) is 27.2. The maximum Gasteiger partial charge on any atom is 0.472 e. The number of ether oxygens (including phenoxy) is 2. The Kier molecular flexibility index (Phi) is 27.8. The Labute approximate surface area is 238 Å². The van der Waals surface area contributed by atoms with Gasteiger partial charge in [0.1, 0.15) is 6.10 Å². The van der Waals surface area contributed by atoms with E-state index in [1.54, 1.807) is 0 Å². The monoisotopic (exact) mass is 575 g/mol. The van der Waals surface area contributed by atoms with Crippen LogP contribution in [0.5, 0.6) is 0 Å². The van der Waals surface area contributed by atoms with E-state index < -0.39 is 13.9 Å². The van der Waals surface area contributed by atoms with Gasteiger partial charge in [0.15, 0.2) is 0 Å². The number of nitrogens with two attached hydrogens (primary N) is 1. The molecule has 39 heavy (non-hydrogen) atoms. The Bertz CT molecular complexity index is 657. The molecular formula is C30H58NO7P. The lowest BCUT2D eigenvalue weighted by atomic mass is 10.1. The normalized spacial score (nSPS) is 14.3. The molecule has 0 radical (unpaired) electrons. The van der Waals surface area contributed by atoms with Gasteiger partial charge in [-0.15, -0.1) is 0 Å². The van der Waals surface area contributed by atoms with Crippen molar-refractivity contribution < 1.29 is 32.8 Å². The molecule has 0 aliphatic rings. The number of carbonyl (C=O) groups excluding carboxylic acids is 1. The molecule has 3 N–H and O–H groups in total. The Morgan fingerprint density at radius 3 is 1.97 bits per heavy atom. The first kappa shape index (κ1) is 38.0. The maximum absolute atomic E-state index is 12.0. The van der Waals surface area contributed by atoms with Gasteiger partial charge >= 0.3 is 13.8 Å². The molecule has 0 saturated heterocycles. The summed E-state index contributed by atoms with van der Waals surface area (Å²) in [4.78, 5) is 21.7. The van der Waals surface area contributed by atoms with Gasteiger partial charge in [0.05, 0.1) is 19.8 Å². The zero-order valence-electron chi connectivity index (χ0n) is 24.9. The number of hydrogen-bond acceptors (Lipinski definition) is 7. The fraction of sp³-hybridized carbons (Fsp3) is 0.833. The van der Waals surface area contributed by atoms with Crippen LogP contribution in [0.25, 0.3) is 0 Å². The first-order valence-electron chi connectivity index (χ1n) is 15.3. The van der Waals surface area contributed by atoms with Crippen molar-refractivity contribution in [3.8, 4) is 0 Å². The molecule has 0 aromatic carbocycles. The summed E-state index contributed by atoms with van der Waals surface area (Å²) in [5, 5.41) is 0. The van der Waals surface area contributed by atoms with Crippen molar-refractivity contribution in [1.82, 2.24) is 0 Å². The number of allylic oxidation sites excluding steroid dienone is 4. The summed E-state index contributed by atoms with van der Waals surface area (Å²) in [5.74, 6) is -0.369. The van der Waals surface area contributed by atoms with E-state index in [0.29, 0.717) is 13.0 Å². The molecule has 0 rings (SSSR count). The second-order valence-electron chi connectivity index (χ2n) is 9.97. The largest absolute Gasteiger partial charge is 0.472 e. The molecule has 0 aliphatic heterocycles. The molecule has 0 aromatic heterocycles. The van der Waals surface area contributed by atoms with Crippen molar-refractivity contribution in [2.45, 2.75) is 129 Å². The highest BCUT2D eigenvalue weighted by Gasteiger charge is 2.25. The molecule has 0 bridgehead atoms. The van der Waals surface area contributed by atoms with Crippen LogP contribution >= 0.6 is 7.82 Å². The van der Waals surface area contributed by atoms with Gasteiger partial charge in [-0.1, -0.05) is 95.9 Å². The van der Waals surface area contributed by atoms with Gasteiger partial charge in [0.25, 0.3) is 0 Å². The van der Waals surface area contributed by atoms with Crippen LogP contribution in [-0.2, 0) is 27.9 Å². The molecule has 9 heteroatoms. The average Bonchev–Trinajstić information content (AvgIpc) is 2.92. The van der Waals surface area contributed by atoms with E-state index in [-0.39, 0.29) is 32.3 Å². The predicted octanol–water partition coefficient (Wildman–Crippen LogP) is 7.79. The summed E-state index contributed by atoms with van der Waals surface area (Å²) >= 11 is 0. The second kappa shape index (κ2) is 28.5. The number of esters is 1. The van der Waals surface area contributed by atoms with Crippen LogP contribution in [0.15, 0.2) is 24.3 Å². The van der Waals surface area contributed by atoms with Crippen molar-refractivity contribution in [3.05, 3.63) is 24.3 Å². The van der Waals surface area contributed by atoms with E-state index in [4.69, 9.17) is 24.3 Å². The van der Waals surface area contributed by atoms with E-state index >= 15 is 0 Å². The summed E-state index contributed by atoms with van der Waals surface area (Å²) in [6, 6.07) is 0. The van der Waals surface area contributed by atoms with Crippen LogP contribution in [-0.4, -0.2) is 49.9 Å². The molecular weight excluding hydrogens is 517 g/mol. The minimum absolute atomic E-state index is 0.0973. The molecule has 0 aromatic rings. The van der Waals surface area contributed by atoms with Crippen LogP contribution < -0.4 is 5.73 Å². The summed E-state index contributed by atoms with van der Waals surface area (Å²) < 4.78 is 32.6. The van der Waals surface area contributed by atoms with Gasteiger partial charge in [-0.3, -0.25) is 13.8 Å². The number of carbonyl (C=O) groups is 1. The Balaban J connectivity index is 3.83. The lowest BCUT2D eigenvalue weighted by Crippen LogP contribution is -2.28. The third-order valence-corrected chi connectivity index (χ3v) is 7.11. The van der Waals surface area contributed by atoms with E-state index in [0.717, 1.165) is 32.1 Å². The highest BCUT2D eigenvalue weighted by molar-refractivity contribution is 7.47. The van der Waals surface area contributed by atoms with Crippen LogP contribution in [0.1, 0.15) is 123 Å². The number of phosphoric ester groups is 1. The van der Waals surface area contributed by atoms with Crippen molar-refractivity contribution >= 4 is 13.8 Å². The summed E-state index contributed by atoms with van der Waals surface area (Å²) in [6.45, 7) is 4.61. The van der Waals surface area contributed by atoms with Crippen LogP contribution in [0, 0.1) is 0 Å². The minimum atomic E-state index is -4.24. The van der Waals surface area contributed by atoms with E-state index in [1.165, 1.54) is 70.6 Å². The Hall–Kier alpha value is -1.02. The summed E-state index contributed by atoms with van der Waals surface area (Å²) in [5.41, 5.74) is 5.28. The molecule has 0 aliphatic carbocycles. The molecule has 2 atom stereocenters. The number of phosphoric acid groups is 1. The molecule has 0 heterocycles. The van der Waals surface area contributed by atoms with Gasteiger partial charge in [-0.25, -0.2) is 4.57 Å². The van der Waals surface area contributed by atoms with E-state index in [2.05, 4.69) is 31.2 Å². The highest BCUT2D eigenvalue weighted by atomic mass is 31.2. The SMILES string of the molecule is CCCCC/C=C\C/C=C\CCCCCCCCCCOCC(COP(=O)(O)OCCN)OC(=O)CCCC. The quantitative estimate of drug-likeness (QED) is 0.0402. The first-order chi connectivity index (χ1) is 18.9. The van der Waals surface area contributed by atoms with Crippen molar-refractivity contribution in [3.63, 3.8) is 0 Å². The third kappa shape index (κ3) is 28.3. The molecule has 2 unspecified atom stereocenters. The van der Waals surface area contributed by atoms with Gasteiger partial charge in [0, 0.05) is 19.6 Å². The average molecular weight is 576 g/mol. The predicted molar refractivity (Wildman–Crippen MR) is 160 cm³/mol.